The number of aliphatic hydroxyl groups is 1. The molecule has 0 fully saturated rings. The molecule has 0 aliphatic carbocycles. The molecule has 0 saturated heterocycles. The topological polar surface area (TPSA) is 99.9 Å². The van der Waals surface area contributed by atoms with Crippen LogP contribution >= 0.6 is 0 Å². The van der Waals surface area contributed by atoms with E-state index in [-0.39, 0.29) is 11.4 Å². The number of nitrogens with zero attached hydrogens (tertiary/aromatic N) is 1. The second-order valence-electron chi connectivity index (χ2n) is 6.05. The van der Waals surface area contributed by atoms with Crippen molar-refractivity contribution in [1.82, 2.24) is 9.62 Å². The van der Waals surface area contributed by atoms with Gasteiger partial charge in [0.15, 0.2) is 0 Å². The van der Waals surface area contributed by atoms with E-state index < -0.39 is 21.5 Å². The summed E-state index contributed by atoms with van der Waals surface area (Å²) < 4.78 is 31.4. The van der Waals surface area contributed by atoms with E-state index in [0.29, 0.717) is 24.4 Å². The van der Waals surface area contributed by atoms with Gasteiger partial charge in [0.1, 0.15) is 11.4 Å². The SMILES string of the molecule is CCN(CC)S(=O)(=O)c1ccc(C(=O)NCC(C)(O)c2ccco2)cc1. The Bertz CT molecular complexity index is 823. The Balaban J connectivity index is 2.07. The Morgan fingerprint density at radius 3 is 2.31 bits per heavy atom. The Labute approximate surface area is 153 Å². The van der Waals surface area contributed by atoms with Gasteiger partial charge in [-0.1, -0.05) is 13.8 Å². The lowest BCUT2D eigenvalue weighted by Gasteiger charge is -2.21. The average molecular weight is 380 g/mol. The van der Waals surface area contributed by atoms with Crippen LogP contribution < -0.4 is 5.32 Å². The van der Waals surface area contributed by atoms with Crippen LogP contribution in [0.4, 0.5) is 0 Å². The molecule has 1 heterocycles. The number of carbonyl (C=O) groups is 1. The number of hydrogen-bond acceptors (Lipinski definition) is 5. The molecule has 0 aliphatic heterocycles. The lowest BCUT2D eigenvalue weighted by molar-refractivity contribution is 0.0330. The molecule has 2 aromatic rings. The van der Waals surface area contributed by atoms with Gasteiger partial charge in [0.2, 0.25) is 10.0 Å². The highest BCUT2D eigenvalue weighted by Gasteiger charge is 2.27. The molecule has 142 valence electrons. The minimum atomic E-state index is -3.56. The zero-order chi connectivity index (χ0) is 19.4. The Morgan fingerprint density at radius 2 is 1.81 bits per heavy atom. The molecule has 1 aromatic carbocycles. The fraction of sp³-hybridized carbons (Fsp3) is 0.389. The number of carbonyl (C=O) groups excluding carboxylic acids is 1. The maximum Gasteiger partial charge on any atom is 0.251 e. The van der Waals surface area contributed by atoms with E-state index in [1.807, 2.05) is 0 Å². The van der Waals surface area contributed by atoms with E-state index in [1.54, 1.807) is 26.0 Å². The van der Waals surface area contributed by atoms with E-state index in [9.17, 15) is 18.3 Å². The molecular formula is C18H24N2O5S. The maximum atomic E-state index is 12.4. The predicted octanol–water partition coefficient (Wildman–Crippen LogP) is 1.95. The highest BCUT2D eigenvalue weighted by Crippen LogP contribution is 2.20. The monoisotopic (exact) mass is 380 g/mol. The van der Waals surface area contributed by atoms with E-state index in [2.05, 4.69) is 5.32 Å². The molecule has 0 radical (unpaired) electrons. The first-order chi connectivity index (χ1) is 12.2. The van der Waals surface area contributed by atoms with E-state index >= 15 is 0 Å². The normalized spacial score (nSPS) is 14.2. The first kappa shape index (κ1) is 20.2. The fourth-order valence-corrected chi connectivity index (χ4v) is 3.98. The minimum absolute atomic E-state index is 0.0428. The third-order valence-corrected chi connectivity index (χ3v) is 6.17. The smallest absolute Gasteiger partial charge is 0.251 e. The zero-order valence-electron chi connectivity index (χ0n) is 15.1. The average Bonchev–Trinajstić information content (AvgIpc) is 3.16. The second-order valence-corrected chi connectivity index (χ2v) is 7.99. The Kier molecular flexibility index (Phi) is 6.22. The van der Waals surface area contributed by atoms with Crippen molar-refractivity contribution in [1.29, 1.82) is 0 Å². The first-order valence-corrected chi connectivity index (χ1v) is 9.81. The lowest BCUT2D eigenvalue weighted by Crippen LogP contribution is -2.38. The number of rotatable bonds is 8. The standard InChI is InChI=1S/C18H24N2O5S/c1-4-20(5-2)26(23,24)15-10-8-14(9-11-15)17(21)19-13-18(3,22)16-7-6-12-25-16/h6-12,22H,4-5,13H2,1-3H3,(H,19,21). The van der Waals surface area contributed by atoms with Gasteiger partial charge in [0.25, 0.3) is 5.91 Å². The number of amides is 1. The predicted molar refractivity (Wildman–Crippen MR) is 97.2 cm³/mol. The highest BCUT2D eigenvalue weighted by molar-refractivity contribution is 7.89. The van der Waals surface area contributed by atoms with Crippen molar-refractivity contribution < 1.29 is 22.7 Å². The van der Waals surface area contributed by atoms with Crippen LogP contribution in [0.2, 0.25) is 0 Å². The van der Waals surface area contributed by atoms with Gasteiger partial charge in [0, 0.05) is 18.7 Å². The van der Waals surface area contributed by atoms with Crippen molar-refractivity contribution in [2.75, 3.05) is 19.6 Å². The van der Waals surface area contributed by atoms with E-state index in [0.717, 1.165) is 0 Å². The summed E-state index contributed by atoms with van der Waals surface area (Å²) in [6.07, 6.45) is 1.45. The molecule has 2 rings (SSSR count). The van der Waals surface area contributed by atoms with Crippen LogP contribution in [0.25, 0.3) is 0 Å². The lowest BCUT2D eigenvalue weighted by atomic mass is 10.0. The molecule has 8 heteroatoms. The second kappa shape index (κ2) is 8.03. The van der Waals surface area contributed by atoms with Crippen LogP contribution in [-0.2, 0) is 15.6 Å². The van der Waals surface area contributed by atoms with Crippen molar-refractivity contribution in [3.8, 4) is 0 Å². The molecule has 1 unspecified atom stereocenters. The van der Waals surface area contributed by atoms with Crippen LogP contribution in [0, 0.1) is 0 Å². The number of furan rings is 1. The molecule has 1 atom stereocenters. The summed E-state index contributed by atoms with van der Waals surface area (Å²) in [5, 5.41) is 13.0. The van der Waals surface area contributed by atoms with Gasteiger partial charge in [-0.15, -0.1) is 0 Å². The van der Waals surface area contributed by atoms with Crippen LogP contribution in [0.3, 0.4) is 0 Å². The molecule has 0 saturated carbocycles. The minimum Gasteiger partial charge on any atom is -0.466 e. The largest absolute Gasteiger partial charge is 0.466 e. The van der Waals surface area contributed by atoms with Crippen molar-refractivity contribution in [2.45, 2.75) is 31.3 Å². The third-order valence-electron chi connectivity index (χ3n) is 4.10. The van der Waals surface area contributed by atoms with E-state index in [1.165, 1.54) is 41.8 Å². The molecule has 2 N–H and O–H groups in total. The summed E-state index contributed by atoms with van der Waals surface area (Å²) in [6.45, 7) is 5.79. The summed E-state index contributed by atoms with van der Waals surface area (Å²) in [7, 11) is -3.56. The summed E-state index contributed by atoms with van der Waals surface area (Å²) in [5.74, 6) is -0.0675. The Hall–Kier alpha value is -2.16. The zero-order valence-corrected chi connectivity index (χ0v) is 15.9. The summed E-state index contributed by atoms with van der Waals surface area (Å²) in [6, 6.07) is 9.00. The maximum absolute atomic E-state index is 12.4. The van der Waals surface area contributed by atoms with Crippen molar-refractivity contribution in [2.24, 2.45) is 0 Å². The third kappa shape index (κ3) is 4.32. The molecule has 1 amide bonds. The molecule has 0 bridgehead atoms. The Morgan fingerprint density at radius 1 is 1.19 bits per heavy atom. The van der Waals surface area contributed by atoms with Gasteiger partial charge in [-0.3, -0.25) is 4.79 Å². The summed E-state index contributed by atoms with van der Waals surface area (Å²) in [4.78, 5) is 12.4. The fourth-order valence-electron chi connectivity index (χ4n) is 2.52. The van der Waals surface area contributed by atoms with Crippen molar-refractivity contribution in [3.63, 3.8) is 0 Å². The van der Waals surface area contributed by atoms with Crippen molar-refractivity contribution >= 4 is 15.9 Å². The van der Waals surface area contributed by atoms with Gasteiger partial charge in [0.05, 0.1) is 17.7 Å². The van der Waals surface area contributed by atoms with Gasteiger partial charge in [-0.05, 0) is 43.3 Å². The van der Waals surface area contributed by atoms with Gasteiger partial charge < -0.3 is 14.8 Å². The van der Waals surface area contributed by atoms with Crippen LogP contribution in [0.5, 0.6) is 0 Å². The van der Waals surface area contributed by atoms with Crippen LogP contribution in [0.15, 0.2) is 52.0 Å². The van der Waals surface area contributed by atoms with E-state index in [4.69, 9.17) is 4.42 Å². The number of nitrogens with one attached hydrogen (secondary N) is 1. The number of benzene rings is 1. The molecule has 7 nitrogen and oxygen atoms in total. The first-order valence-electron chi connectivity index (χ1n) is 8.37. The molecule has 0 spiro atoms. The number of hydrogen-bond donors (Lipinski definition) is 2. The van der Waals surface area contributed by atoms with Gasteiger partial charge in [-0.2, -0.15) is 4.31 Å². The summed E-state index contributed by atoms with van der Waals surface area (Å²) >= 11 is 0. The van der Waals surface area contributed by atoms with Gasteiger partial charge >= 0.3 is 0 Å². The molecule has 0 aliphatic rings. The van der Waals surface area contributed by atoms with Crippen LogP contribution in [0.1, 0.15) is 36.9 Å². The van der Waals surface area contributed by atoms with Gasteiger partial charge in [-0.25, -0.2) is 8.42 Å². The quantitative estimate of drug-likeness (QED) is 0.729. The number of sulfonamides is 1. The highest BCUT2D eigenvalue weighted by atomic mass is 32.2. The molecular weight excluding hydrogens is 356 g/mol. The molecule has 1 aromatic heterocycles. The summed E-state index contributed by atoms with van der Waals surface area (Å²) in [5.41, 5.74) is -1.04. The molecule has 26 heavy (non-hydrogen) atoms. The van der Waals surface area contributed by atoms with Crippen LogP contribution in [-0.4, -0.2) is 43.4 Å². The van der Waals surface area contributed by atoms with Crippen molar-refractivity contribution in [3.05, 3.63) is 54.0 Å².